The minimum Gasteiger partial charge on any atom is -0.291 e. The van der Waals surface area contributed by atoms with Gasteiger partial charge in [-0.3, -0.25) is 19.5 Å². The number of fused-ring (bicyclic) bond motifs is 3. The molecule has 0 aliphatic carbocycles. The van der Waals surface area contributed by atoms with E-state index < -0.39 is 0 Å². The number of carbonyl (C=O) groups excluding carboxylic acids is 1. The fourth-order valence-electron chi connectivity index (χ4n) is 3.16. The molecule has 0 saturated heterocycles. The summed E-state index contributed by atoms with van der Waals surface area (Å²) in [6.07, 6.45) is 3.06. The number of anilines is 1. The highest BCUT2D eigenvalue weighted by atomic mass is 32.2. The van der Waals surface area contributed by atoms with Crippen LogP contribution >= 0.6 is 11.8 Å². The number of hydrogen-bond acceptors (Lipinski definition) is 4. The third-order valence-electron chi connectivity index (χ3n) is 4.34. The lowest BCUT2D eigenvalue weighted by Gasteiger charge is -2.29. The van der Waals surface area contributed by atoms with Gasteiger partial charge in [-0.2, -0.15) is 0 Å². The van der Waals surface area contributed by atoms with Gasteiger partial charge in [-0.25, -0.2) is 0 Å². The summed E-state index contributed by atoms with van der Waals surface area (Å²) in [5.74, 6) is 0.842. The van der Waals surface area contributed by atoms with Gasteiger partial charge in [-0.1, -0.05) is 48.3 Å². The molecule has 1 amide bonds. The third kappa shape index (κ3) is 3.33. The Labute approximate surface area is 151 Å². The monoisotopic (exact) mass is 359 g/mol. The van der Waals surface area contributed by atoms with Gasteiger partial charge in [-0.05, 0) is 18.6 Å². The van der Waals surface area contributed by atoms with Crippen molar-refractivity contribution in [3.8, 4) is 11.3 Å². The van der Waals surface area contributed by atoms with Gasteiger partial charge in [0.1, 0.15) is 0 Å². The highest BCUT2D eigenvalue weighted by molar-refractivity contribution is 7.99. The van der Waals surface area contributed by atoms with E-state index in [4.69, 9.17) is 0 Å². The fourth-order valence-corrected chi connectivity index (χ4v) is 4.01. The number of carbonyl (C=O) groups is 1. The molecule has 2 heterocycles. The molecule has 6 nitrogen and oxygen atoms in total. The van der Waals surface area contributed by atoms with Gasteiger partial charge in [0.25, 0.3) is 6.17 Å². The number of nitrogens with zero attached hydrogens (tertiary/aromatic N) is 3. The second-order valence-electron chi connectivity index (χ2n) is 6.15. The first kappa shape index (κ1) is 17.7. The van der Waals surface area contributed by atoms with Crippen molar-refractivity contribution in [3.05, 3.63) is 34.6 Å². The minimum absolute atomic E-state index is 0.0719. The van der Waals surface area contributed by atoms with E-state index in [-0.39, 0.29) is 17.6 Å². The Morgan fingerprint density at radius 3 is 2.84 bits per heavy atom. The third-order valence-corrected chi connectivity index (χ3v) is 5.29. The van der Waals surface area contributed by atoms with Crippen molar-refractivity contribution in [1.82, 2.24) is 10.1 Å². The second-order valence-corrected chi connectivity index (χ2v) is 7.23. The van der Waals surface area contributed by atoms with Crippen molar-refractivity contribution in [2.75, 3.05) is 10.7 Å². The second kappa shape index (κ2) is 7.39. The number of nitrogens with one attached hydrogen (secondary N) is 1. The van der Waals surface area contributed by atoms with Crippen LogP contribution in [0.15, 0.2) is 34.2 Å². The highest BCUT2D eigenvalue weighted by Gasteiger charge is 2.40. The van der Waals surface area contributed by atoms with Crippen LogP contribution in [0.3, 0.4) is 0 Å². The van der Waals surface area contributed by atoms with Crippen molar-refractivity contribution in [1.29, 1.82) is 0 Å². The standard InChI is InChI=1S/C18H22N4O2S/c1-4-5-8-11-25-18-19-17(24)16-14-9-6-7-10-15(14)21(13(3)23)12(2)22(16)20-18/h6-7,9-10,12H,4-5,8,11H2,1-3H3/p+1. The van der Waals surface area contributed by atoms with Gasteiger partial charge < -0.3 is 0 Å². The van der Waals surface area contributed by atoms with Gasteiger partial charge in [0, 0.05) is 24.7 Å². The molecule has 1 unspecified atom stereocenters. The molecule has 1 aliphatic heterocycles. The Bertz CT molecular complexity index is 849. The predicted octanol–water partition coefficient (Wildman–Crippen LogP) is 2.89. The number of amides is 1. The van der Waals surface area contributed by atoms with Crippen molar-refractivity contribution in [2.24, 2.45) is 0 Å². The maximum Gasteiger partial charge on any atom is 0.325 e. The summed E-state index contributed by atoms with van der Waals surface area (Å²) in [5, 5.41) is 5.21. The summed E-state index contributed by atoms with van der Waals surface area (Å²) in [7, 11) is 0. The van der Waals surface area contributed by atoms with Gasteiger partial charge in [0.05, 0.1) is 11.3 Å². The van der Waals surface area contributed by atoms with Gasteiger partial charge in [0.15, 0.2) is 0 Å². The number of para-hydroxylation sites is 1. The predicted molar refractivity (Wildman–Crippen MR) is 98.6 cm³/mol. The molecule has 25 heavy (non-hydrogen) atoms. The Kier molecular flexibility index (Phi) is 5.22. The first-order valence-corrected chi connectivity index (χ1v) is 9.61. The summed E-state index contributed by atoms with van der Waals surface area (Å²) < 4.78 is 1.67. The lowest BCUT2D eigenvalue weighted by Crippen LogP contribution is -2.59. The number of unbranched alkanes of at least 4 members (excludes halogenated alkanes) is 2. The lowest BCUT2D eigenvalue weighted by molar-refractivity contribution is -0.768. The van der Waals surface area contributed by atoms with Crippen LogP contribution in [0.5, 0.6) is 0 Å². The Hall–Kier alpha value is -2.15. The van der Waals surface area contributed by atoms with E-state index in [9.17, 15) is 9.59 Å². The number of aromatic nitrogens is 3. The first-order valence-electron chi connectivity index (χ1n) is 8.62. The van der Waals surface area contributed by atoms with Crippen LogP contribution in [0.2, 0.25) is 0 Å². The van der Waals surface area contributed by atoms with Crippen LogP contribution in [0.4, 0.5) is 5.69 Å². The summed E-state index contributed by atoms with van der Waals surface area (Å²) in [6.45, 7) is 5.58. The number of aromatic amines is 1. The topological polar surface area (TPSA) is 69.9 Å². The molecule has 132 valence electrons. The number of rotatable bonds is 5. The molecule has 7 heteroatoms. The lowest BCUT2D eigenvalue weighted by atomic mass is 10.1. The molecular weight excluding hydrogens is 336 g/mol. The minimum atomic E-state index is -0.348. The van der Waals surface area contributed by atoms with E-state index in [2.05, 4.69) is 17.0 Å². The van der Waals surface area contributed by atoms with Crippen molar-refractivity contribution in [2.45, 2.75) is 51.4 Å². The van der Waals surface area contributed by atoms with Crippen LogP contribution in [-0.2, 0) is 4.79 Å². The molecule has 0 fully saturated rings. The molecule has 1 atom stereocenters. The highest BCUT2D eigenvalue weighted by Crippen LogP contribution is 2.34. The van der Waals surface area contributed by atoms with E-state index in [1.807, 2.05) is 31.2 Å². The maximum absolute atomic E-state index is 12.7. The molecule has 0 saturated carbocycles. The van der Waals surface area contributed by atoms with Gasteiger partial charge in [-0.15, -0.1) is 0 Å². The number of hydrogen-bond donors (Lipinski definition) is 1. The zero-order valence-corrected chi connectivity index (χ0v) is 15.6. The molecular formula is C18H23N4O2S+. The van der Waals surface area contributed by atoms with E-state index >= 15 is 0 Å². The molecule has 1 aliphatic rings. The number of thioether (sulfide) groups is 1. The van der Waals surface area contributed by atoms with Gasteiger partial charge >= 0.3 is 11.3 Å². The normalized spacial score (nSPS) is 15.6. The van der Waals surface area contributed by atoms with Crippen molar-refractivity contribution in [3.63, 3.8) is 0 Å². The smallest absolute Gasteiger partial charge is 0.291 e. The molecule has 0 spiro atoms. The molecule has 1 aromatic carbocycles. The van der Waals surface area contributed by atoms with E-state index in [1.165, 1.54) is 6.92 Å². The summed E-state index contributed by atoms with van der Waals surface area (Å²) in [4.78, 5) is 29.5. The summed E-state index contributed by atoms with van der Waals surface area (Å²) in [6, 6.07) is 7.46. The summed E-state index contributed by atoms with van der Waals surface area (Å²) in [5.41, 5.74) is 1.80. The molecule has 3 rings (SSSR count). The average Bonchev–Trinajstić information content (AvgIpc) is 2.58. The quantitative estimate of drug-likeness (QED) is 0.506. The van der Waals surface area contributed by atoms with Crippen LogP contribution in [-0.4, -0.2) is 21.7 Å². The van der Waals surface area contributed by atoms with Crippen LogP contribution in [0.25, 0.3) is 11.3 Å². The Balaban J connectivity index is 2.05. The molecule has 2 aromatic rings. The largest absolute Gasteiger partial charge is 0.325 e. The molecule has 0 bridgehead atoms. The molecule has 1 aromatic heterocycles. The van der Waals surface area contributed by atoms with Crippen molar-refractivity contribution >= 4 is 23.4 Å². The van der Waals surface area contributed by atoms with E-state index in [0.717, 1.165) is 36.3 Å². The maximum atomic E-state index is 12.7. The zero-order chi connectivity index (χ0) is 18.0. The van der Waals surface area contributed by atoms with Crippen LogP contribution in [0, 0.1) is 0 Å². The van der Waals surface area contributed by atoms with Crippen LogP contribution < -0.4 is 15.1 Å². The SMILES string of the molecule is CCCCCSc1n[n+]2c(c(=O)[nH]1)-c1ccccc1N(C(C)=O)C2C. The average molecular weight is 359 g/mol. The fraction of sp³-hybridized carbons (Fsp3) is 0.444. The number of benzene rings is 1. The Morgan fingerprint density at radius 1 is 1.36 bits per heavy atom. The van der Waals surface area contributed by atoms with Crippen LogP contribution in [0.1, 0.15) is 46.2 Å². The zero-order valence-electron chi connectivity index (χ0n) is 14.8. The molecule has 1 N–H and O–H groups in total. The molecule has 0 radical (unpaired) electrons. The Morgan fingerprint density at radius 2 is 2.12 bits per heavy atom. The first-order chi connectivity index (χ1) is 12.0. The van der Waals surface area contributed by atoms with E-state index in [1.54, 1.807) is 21.3 Å². The van der Waals surface area contributed by atoms with Gasteiger partial charge in [0.2, 0.25) is 11.1 Å². The summed E-state index contributed by atoms with van der Waals surface area (Å²) >= 11 is 1.55. The van der Waals surface area contributed by atoms with E-state index in [0.29, 0.717) is 10.9 Å². The van der Waals surface area contributed by atoms with Crippen molar-refractivity contribution < 1.29 is 9.48 Å². The number of H-pyrrole nitrogens is 1.